The molecule has 8 amide bonds. The Morgan fingerprint density at radius 2 is 1.39 bits per heavy atom. The molecule has 0 bridgehead atoms. The number of halogens is 1. The monoisotopic (exact) mass is 1010 g/mol. The van der Waals surface area contributed by atoms with E-state index >= 15 is 0 Å². The SMILES string of the molecule is CC(=O)N[C@@H](CCCNC(=N)N)C(=O)N[C@H]1CCSSC[C@@H](C(N)=O)NC(=O)[C@H](Cc2c[nH]c3ccccc23)NC(=O)[C@H](CCCNC(=N)N)NC(=O)[C@@H](Cc2ccc(F)cc2)NC(=O)[C@@H](C)NC1=O. The number of nitrogens with two attached hydrogens (primary N) is 3. The molecule has 2 aromatic carbocycles. The third-order valence-electron chi connectivity index (χ3n) is 10.9. The van der Waals surface area contributed by atoms with Crippen LogP contribution in [0, 0.1) is 16.6 Å². The number of para-hydroxylation sites is 1. The minimum atomic E-state index is -1.43. The van der Waals surface area contributed by atoms with Crippen LogP contribution in [0.15, 0.2) is 54.7 Å². The lowest BCUT2D eigenvalue weighted by molar-refractivity contribution is -0.135. The van der Waals surface area contributed by atoms with Crippen LogP contribution < -0.4 is 65.1 Å². The van der Waals surface area contributed by atoms with Crippen molar-refractivity contribution in [2.24, 2.45) is 17.2 Å². The number of amides is 8. The Balaban J connectivity index is 1.72. The van der Waals surface area contributed by atoms with Gasteiger partial charge >= 0.3 is 0 Å². The lowest BCUT2D eigenvalue weighted by atomic mass is 10.0. The van der Waals surface area contributed by atoms with Gasteiger partial charge in [-0.3, -0.25) is 49.2 Å². The second-order valence-electron chi connectivity index (χ2n) is 16.4. The van der Waals surface area contributed by atoms with E-state index in [0.717, 1.165) is 33.8 Å². The largest absolute Gasteiger partial charge is 0.370 e. The van der Waals surface area contributed by atoms with E-state index in [1.165, 1.54) is 36.8 Å². The van der Waals surface area contributed by atoms with Crippen molar-refractivity contribution in [1.82, 2.24) is 52.8 Å². The maximum atomic E-state index is 14.4. The van der Waals surface area contributed by atoms with Gasteiger partial charge in [0.1, 0.15) is 48.1 Å². The molecule has 7 atom stereocenters. The Labute approximate surface area is 411 Å². The molecule has 1 aromatic heterocycles. The summed E-state index contributed by atoms with van der Waals surface area (Å²) in [6, 6.07) is 3.31. The quantitative estimate of drug-likeness (QED) is 0.0330. The molecule has 1 fully saturated rings. The number of carbonyl (C=O) groups is 8. The third kappa shape index (κ3) is 18.4. The number of H-pyrrole nitrogens is 1. The van der Waals surface area contributed by atoms with Gasteiger partial charge in [-0.05, 0) is 68.4 Å². The van der Waals surface area contributed by atoms with Crippen molar-refractivity contribution in [2.75, 3.05) is 24.6 Å². The van der Waals surface area contributed by atoms with Crippen molar-refractivity contribution in [2.45, 2.75) is 101 Å². The van der Waals surface area contributed by atoms with Gasteiger partial charge in [0.15, 0.2) is 11.9 Å². The zero-order valence-corrected chi connectivity index (χ0v) is 40.3. The maximum absolute atomic E-state index is 14.4. The molecule has 0 saturated carbocycles. The van der Waals surface area contributed by atoms with Crippen molar-refractivity contribution in [3.8, 4) is 0 Å². The first-order valence-corrected chi connectivity index (χ1v) is 24.9. The van der Waals surface area contributed by atoms with Gasteiger partial charge in [0.2, 0.25) is 47.3 Å². The van der Waals surface area contributed by atoms with Crippen LogP contribution in [-0.4, -0.2) is 131 Å². The predicted molar refractivity (Wildman–Crippen MR) is 264 cm³/mol. The minimum Gasteiger partial charge on any atom is -0.370 e. The fraction of sp³-hybridized carbons (Fsp3) is 0.455. The van der Waals surface area contributed by atoms with Crippen LogP contribution in [0.3, 0.4) is 0 Å². The van der Waals surface area contributed by atoms with E-state index in [0.29, 0.717) is 17.5 Å². The summed E-state index contributed by atoms with van der Waals surface area (Å²) < 4.78 is 14.0. The number of primary amides is 1. The number of carbonyl (C=O) groups excluding carboxylic acids is 8. The number of hydrogen-bond donors (Lipinski definition) is 15. The molecule has 0 unspecified atom stereocenters. The summed E-state index contributed by atoms with van der Waals surface area (Å²) in [6.45, 7) is 2.90. The summed E-state index contributed by atoms with van der Waals surface area (Å²) in [7, 11) is 2.32. The van der Waals surface area contributed by atoms with E-state index in [1.807, 2.05) is 18.2 Å². The van der Waals surface area contributed by atoms with Gasteiger partial charge in [-0.15, -0.1) is 0 Å². The van der Waals surface area contributed by atoms with Gasteiger partial charge in [-0.25, -0.2) is 4.39 Å². The van der Waals surface area contributed by atoms with Crippen LogP contribution in [0.5, 0.6) is 0 Å². The van der Waals surface area contributed by atoms with Gasteiger partial charge in [-0.2, -0.15) is 0 Å². The Kier molecular flexibility index (Phi) is 22.0. The molecule has 0 aliphatic carbocycles. The first kappa shape index (κ1) is 55.5. The number of aromatic nitrogens is 1. The molecule has 26 heteroatoms. The highest BCUT2D eigenvalue weighted by Crippen LogP contribution is 2.24. The van der Waals surface area contributed by atoms with E-state index < -0.39 is 95.4 Å². The fourth-order valence-electron chi connectivity index (χ4n) is 7.21. The average molecular weight is 1010 g/mol. The lowest BCUT2D eigenvalue weighted by Gasteiger charge is -2.27. The van der Waals surface area contributed by atoms with E-state index in [4.69, 9.17) is 28.0 Å². The first-order valence-electron chi connectivity index (χ1n) is 22.4. The Morgan fingerprint density at radius 3 is 2.06 bits per heavy atom. The molecular formula is C44H62FN15O8S2. The second-order valence-corrected chi connectivity index (χ2v) is 19.1. The molecule has 3 aromatic rings. The highest BCUT2D eigenvalue weighted by atomic mass is 33.1. The summed E-state index contributed by atoms with van der Waals surface area (Å²) >= 11 is 0. The number of fused-ring (bicyclic) bond motifs is 1. The van der Waals surface area contributed by atoms with Crippen molar-refractivity contribution in [3.05, 3.63) is 71.7 Å². The molecule has 18 N–H and O–H groups in total. The van der Waals surface area contributed by atoms with Crippen molar-refractivity contribution < 1.29 is 42.7 Å². The summed E-state index contributed by atoms with van der Waals surface area (Å²) in [5.41, 5.74) is 18.4. The first-order chi connectivity index (χ1) is 33.3. The van der Waals surface area contributed by atoms with E-state index in [9.17, 15) is 42.7 Å². The molecule has 1 aliphatic heterocycles. The van der Waals surface area contributed by atoms with E-state index in [1.54, 1.807) is 12.3 Å². The minimum absolute atomic E-state index is 0.0342. The highest BCUT2D eigenvalue weighted by Gasteiger charge is 2.34. The number of benzene rings is 2. The number of nitrogens with one attached hydrogen (secondary N) is 12. The molecule has 0 spiro atoms. The number of hydrogen-bond acceptors (Lipinski definition) is 12. The van der Waals surface area contributed by atoms with Gasteiger partial charge in [-0.1, -0.05) is 51.9 Å². The Morgan fingerprint density at radius 1 is 0.771 bits per heavy atom. The van der Waals surface area contributed by atoms with Gasteiger partial charge < -0.3 is 70.0 Å². The summed E-state index contributed by atoms with van der Waals surface area (Å²) in [6.07, 6.45) is 1.87. The molecule has 2 heterocycles. The Hall–Kier alpha value is -7.09. The van der Waals surface area contributed by atoms with Gasteiger partial charge in [0, 0.05) is 61.5 Å². The third-order valence-corrected chi connectivity index (χ3v) is 13.3. The molecule has 0 radical (unpaired) electrons. The van der Waals surface area contributed by atoms with Crippen molar-refractivity contribution in [3.63, 3.8) is 0 Å². The van der Waals surface area contributed by atoms with Crippen LogP contribution >= 0.6 is 21.6 Å². The van der Waals surface area contributed by atoms with Crippen LogP contribution in [0.25, 0.3) is 10.9 Å². The molecule has 1 saturated heterocycles. The summed E-state index contributed by atoms with van der Waals surface area (Å²) in [4.78, 5) is 113. The zero-order chi connectivity index (χ0) is 51.3. The number of guanidine groups is 2. The number of rotatable bonds is 16. The highest BCUT2D eigenvalue weighted by molar-refractivity contribution is 8.76. The average Bonchev–Trinajstić information content (AvgIpc) is 3.71. The van der Waals surface area contributed by atoms with Gasteiger partial charge in [0.05, 0.1) is 0 Å². The van der Waals surface area contributed by atoms with E-state index in [2.05, 4.69) is 52.8 Å². The lowest BCUT2D eigenvalue weighted by Crippen LogP contribution is -2.60. The summed E-state index contributed by atoms with van der Waals surface area (Å²) in [5, 5.41) is 39.4. The fourth-order valence-corrected chi connectivity index (χ4v) is 9.48. The molecule has 380 valence electrons. The van der Waals surface area contributed by atoms with Crippen LogP contribution in [0.1, 0.15) is 57.1 Å². The Bertz CT molecular complexity index is 2360. The smallest absolute Gasteiger partial charge is 0.243 e. The topological polar surface area (TPSA) is 386 Å². The van der Waals surface area contributed by atoms with Gasteiger partial charge in [0.25, 0.3) is 0 Å². The number of aromatic amines is 1. The molecule has 4 rings (SSSR count). The molecule has 23 nitrogen and oxygen atoms in total. The molecule has 70 heavy (non-hydrogen) atoms. The molecule has 1 aliphatic rings. The molecular weight excluding hydrogens is 950 g/mol. The van der Waals surface area contributed by atoms with Crippen molar-refractivity contribution in [1.29, 1.82) is 10.8 Å². The zero-order valence-electron chi connectivity index (χ0n) is 38.7. The van der Waals surface area contributed by atoms with Crippen molar-refractivity contribution >= 4 is 91.7 Å². The van der Waals surface area contributed by atoms with Crippen LogP contribution in [0.2, 0.25) is 0 Å². The van der Waals surface area contributed by atoms with Crippen LogP contribution in [0.4, 0.5) is 4.39 Å². The maximum Gasteiger partial charge on any atom is 0.243 e. The second kappa shape index (κ2) is 27.8. The standard InChI is InChI=1S/C44H62FN15O8S2/c1-23-37(63)58-33(19-25-11-13-27(45)14-12-25)41(67)56-31(10-6-17-52-44(49)50)40(66)59-34(20-26-21-53-29-8-4-3-7-28(26)29)42(68)60-35(36(46)62)22-70-69-18-15-32(38(64)54-23)57-39(65)30(55-24(2)61)9-5-16-51-43(47)48/h3-4,7-8,11-14,21,23,30-35,53H,5-6,9-10,15-20,22H2,1-2H3,(H2,46,62)(H,54,64)(H,55,61)(H,56,67)(H,57,65)(H,58,63)(H,59,66)(H,60,68)(H4,47,48,51)(H4,49,50,52)/t23-,30+,31+,32+,33-,34+,35+/m1/s1. The predicted octanol–water partition coefficient (Wildman–Crippen LogP) is -1.68. The summed E-state index contributed by atoms with van der Waals surface area (Å²) in [5.74, 6) is -7.29. The van der Waals surface area contributed by atoms with Crippen LogP contribution in [-0.2, 0) is 51.2 Å². The normalized spacial score (nSPS) is 21.5. The van der Waals surface area contributed by atoms with E-state index in [-0.39, 0.29) is 75.0 Å².